The molecule has 1 aromatic rings. The number of rotatable bonds is 0. The van der Waals surface area contributed by atoms with Crippen molar-refractivity contribution in [1.82, 2.24) is 20.8 Å². The lowest BCUT2D eigenvalue weighted by Crippen LogP contribution is -2.17. The number of nitrogens with one attached hydrogen (secondary N) is 2. The van der Waals surface area contributed by atoms with Crippen molar-refractivity contribution in [1.29, 1.82) is 0 Å². The summed E-state index contributed by atoms with van der Waals surface area (Å²) in [7, 11) is 0. The molecule has 0 atom stereocenters. The van der Waals surface area contributed by atoms with E-state index in [2.05, 4.69) is 20.8 Å². The molecule has 0 saturated carbocycles. The van der Waals surface area contributed by atoms with Crippen LogP contribution in [0, 0.1) is 0 Å². The van der Waals surface area contributed by atoms with E-state index < -0.39 is 0 Å². The summed E-state index contributed by atoms with van der Waals surface area (Å²) in [4.78, 5) is 0. The van der Waals surface area contributed by atoms with Crippen LogP contribution in [0.15, 0.2) is 18.1 Å². The second kappa shape index (κ2) is 2.35. The van der Waals surface area contributed by atoms with Gasteiger partial charge in [0, 0.05) is 0 Å². The van der Waals surface area contributed by atoms with E-state index in [0.717, 1.165) is 29.4 Å². The van der Waals surface area contributed by atoms with Gasteiger partial charge in [0.2, 0.25) is 0 Å². The van der Waals surface area contributed by atoms with Crippen molar-refractivity contribution in [2.45, 2.75) is 0 Å². The first-order valence-electron chi connectivity index (χ1n) is 4.10. The average Bonchev–Trinajstić information content (AvgIpc) is 2.65. The minimum atomic E-state index is 0.584. The molecular weight excluding hydrogens is 168 g/mol. The maximum Gasteiger partial charge on any atom is 0.151 e. The Hall–Kier alpha value is -1.78. The van der Waals surface area contributed by atoms with Crippen molar-refractivity contribution in [3.8, 4) is 5.75 Å². The smallest absolute Gasteiger partial charge is 0.151 e. The zero-order valence-electron chi connectivity index (χ0n) is 6.87. The lowest BCUT2D eigenvalue weighted by atomic mass is 10.1. The van der Waals surface area contributed by atoms with Crippen molar-refractivity contribution < 1.29 is 4.74 Å². The molecule has 0 amide bonds. The fraction of sp³-hybridized carbons (Fsp3) is 0.250. The van der Waals surface area contributed by atoms with Gasteiger partial charge in [-0.3, -0.25) is 0 Å². The van der Waals surface area contributed by atoms with Crippen LogP contribution in [-0.2, 0) is 0 Å². The van der Waals surface area contributed by atoms with Gasteiger partial charge in [0.1, 0.15) is 6.61 Å². The van der Waals surface area contributed by atoms with Crippen molar-refractivity contribution in [2.24, 2.45) is 0 Å². The molecule has 3 heterocycles. The first-order chi connectivity index (χ1) is 6.45. The van der Waals surface area contributed by atoms with Gasteiger partial charge in [0.15, 0.2) is 5.75 Å². The normalized spacial score (nSPS) is 18.2. The number of ether oxygens (including phenoxy) is 1. The number of aromatic nitrogens is 2. The summed E-state index contributed by atoms with van der Waals surface area (Å²) in [6.07, 6.45) is 3.35. The highest BCUT2D eigenvalue weighted by molar-refractivity contribution is 5.73. The van der Waals surface area contributed by atoms with E-state index in [0.29, 0.717) is 6.61 Å². The molecule has 0 bridgehead atoms. The second-order valence-corrected chi connectivity index (χ2v) is 2.94. The van der Waals surface area contributed by atoms with Crippen LogP contribution >= 0.6 is 0 Å². The molecule has 13 heavy (non-hydrogen) atoms. The molecule has 5 heteroatoms. The summed E-state index contributed by atoms with van der Waals surface area (Å²) < 4.78 is 5.47. The van der Waals surface area contributed by atoms with Crippen LogP contribution in [0.3, 0.4) is 0 Å². The first-order valence-corrected chi connectivity index (χ1v) is 4.10. The van der Waals surface area contributed by atoms with Crippen LogP contribution in [0.2, 0.25) is 0 Å². The Morgan fingerprint density at radius 2 is 2.15 bits per heavy atom. The minimum Gasteiger partial charge on any atom is -0.485 e. The number of fused-ring (bicyclic) bond motifs is 2. The average molecular weight is 176 g/mol. The summed E-state index contributed by atoms with van der Waals surface area (Å²) in [6.45, 7) is 1.34. The Labute approximate surface area is 74.8 Å². The molecule has 3 rings (SSSR count). The third-order valence-corrected chi connectivity index (χ3v) is 2.20. The van der Waals surface area contributed by atoms with E-state index >= 15 is 0 Å². The lowest BCUT2D eigenvalue weighted by Gasteiger charge is -2.17. The summed E-state index contributed by atoms with van der Waals surface area (Å²) in [6, 6.07) is 0. The van der Waals surface area contributed by atoms with E-state index in [9.17, 15) is 0 Å². The van der Waals surface area contributed by atoms with Crippen LogP contribution in [0.5, 0.6) is 5.75 Å². The molecule has 0 spiro atoms. The molecule has 1 aromatic heterocycles. The zero-order chi connectivity index (χ0) is 8.67. The van der Waals surface area contributed by atoms with E-state index in [4.69, 9.17) is 4.74 Å². The Balaban J connectivity index is 2.18. The largest absolute Gasteiger partial charge is 0.485 e. The number of nitrogens with zero attached hydrogens (tertiary/aromatic N) is 2. The third kappa shape index (κ3) is 0.867. The van der Waals surface area contributed by atoms with Gasteiger partial charge in [-0.25, -0.2) is 0 Å². The van der Waals surface area contributed by atoms with Crippen LogP contribution in [0.1, 0.15) is 5.56 Å². The maximum absolute atomic E-state index is 5.47. The van der Waals surface area contributed by atoms with Crippen LogP contribution in [-0.4, -0.2) is 23.5 Å². The summed E-state index contributed by atoms with van der Waals surface area (Å²) in [5.41, 5.74) is 3.18. The van der Waals surface area contributed by atoms with E-state index in [-0.39, 0.29) is 0 Å². The second-order valence-electron chi connectivity index (χ2n) is 2.94. The third-order valence-electron chi connectivity index (χ3n) is 2.20. The quantitative estimate of drug-likeness (QED) is 0.567. The summed E-state index contributed by atoms with van der Waals surface area (Å²) in [5, 5.41) is 14.0. The van der Waals surface area contributed by atoms with E-state index in [1.807, 2.05) is 0 Å². The highest BCUT2D eigenvalue weighted by atomic mass is 16.5. The maximum atomic E-state index is 5.47. The fourth-order valence-electron chi connectivity index (χ4n) is 1.58. The summed E-state index contributed by atoms with van der Waals surface area (Å²) >= 11 is 0. The zero-order valence-corrected chi connectivity index (χ0v) is 6.87. The van der Waals surface area contributed by atoms with Crippen molar-refractivity contribution in [3.05, 3.63) is 23.7 Å². The minimum absolute atomic E-state index is 0.584. The Morgan fingerprint density at radius 3 is 3.15 bits per heavy atom. The fourth-order valence-corrected chi connectivity index (χ4v) is 1.58. The molecule has 0 aliphatic carbocycles. The van der Waals surface area contributed by atoms with Gasteiger partial charge in [0.05, 0.1) is 36.0 Å². The van der Waals surface area contributed by atoms with Gasteiger partial charge in [-0.15, -0.1) is 0 Å². The molecule has 0 unspecified atom stereocenters. The molecule has 0 radical (unpaired) electrons. The highest BCUT2D eigenvalue weighted by Crippen LogP contribution is 2.30. The van der Waals surface area contributed by atoms with Gasteiger partial charge in [-0.2, -0.15) is 10.2 Å². The van der Waals surface area contributed by atoms with Gasteiger partial charge >= 0.3 is 0 Å². The molecule has 0 saturated heterocycles. The SMILES string of the molecule is c1nncc2c1OCC1=C2NCN1. The predicted molar refractivity (Wildman–Crippen MR) is 45.6 cm³/mol. The van der Waals surface area contributed by atoms with Crippen LogP contribution in [0.25, 0.3) is 5.70 Å². The standard InChI is InChI=1S/C8H8N4O/c1-5-7(2-12-11-1)13-3-6-8(5)10-4-9-6/h1-2,9-10H,3-4H2. The van der Waals surface area contributed by atoms with Crippen molar-refractivity contribution >= 4 is 5.70 Å². The molecule has 0 fully saturated rings. The molecule has 0 aromatic carbocycles. The lowest BCUT2D eigenvalue weighted by molar-refractivity contribution is 0.337. The molecule has 66 valence electrons. The van der Waals surface area contributed by atoms with Crippen LogP contribution < -0.4 is 15.4 Å². The molecule has 2 aliphatic heterocycles. The monoisotopic (exact) mass is 176 g/mol. The predicted octanol–water partition coefficient (Wildman–Crippen LogP) is -0.312. The molecule has 2 aliphatic rings. The van der Waals surface area contributed by atoms with E-state index in [1.54, 1.807) is 12.4 Å². The van der Waals surface area contributed by atoms with Crippen molar-refractivity contribution in [2.75, 3.05) is 13.3 Å². The number of hydrogen-bond acceptors (Lipinski definition) is 5. The number of hydrogen-bond donors (Lipinski definition) is 2. The van der Waals surface area contributed by atoms with Gasteiger partial charge in [-0.1, -0.05) is 0 Å². The highest BCUT2D eigenvalue weighted by Gasteiger charge is 2.23. The first kappa shape index (κ1) is 6.71. The molecular formula is C8H8N4O. The Kier molecular flexibility index (Phi) is 1.21. The topological polar surface area (TPSA) is 59.1 Å². The van der Waals surface area contributed by atoms with Gasteiger partial charge < -0.3 is 15.4 Å². The van der Waals surface area contributed by atoms with Crippen molar-refractivity contribution in [3.63, 3.8) is 0 Å². The Bertz CT molecular complexity index is 387. The Morgan fingerprint density at radius 1 is 1.23 bits per heavy atom. The van der Waals surface area contributed by atoms with Gasteiger partial charge in [-0.05, 0) is 0 Å². The molecule has 2 N–H and O–H groups in total. The van der Waals surface area contributed by atoms with Gasteiger partial charge in [0.25, 0.3) is 0 Å². The summed E-state index contributed by atoms with van der Waals surface area (Å²) in [5.74, 6) is 0.796. The molecule has 5 nitrogen and oxygen atoms in total. The van der Waals surface area contributed by atoms with Crippen LogP contribution in [0.4, 0.5) is 0 Å². The van der Waals surface area contributed by atoms with E-state index in [1.165, 1.54) is 0 Å².